The van der Waals surface area contributed by atoms with Crippen molar-refractivity contribution in [3.05, 3.63) is 71.8 Å². The largest absolute Gasteiger partial charge is 0.377 e. The summed E-state index contributed by atoms with van der Waals surface area (Å²) in [6, 6.07) is 19.2. The molecule has 3 rings (SSSR count). The van der Waals surface area contributed by atoms with Gasteiger partial charge in [-0.2, -0.15) is 0 Å². The molecule has 2 N–H and O–H groups in total. The molecule has 3 aromatic rings. The Hall–Kier alpha value is -2.90. The number of nitrogens with one attached hydrogen (secondary N) is 2. The topological polar surface area (TPSA) is 78.5 Å². The van der Waals surface area contributed by atoms with Gasteiger partial charge in [0.05, 0.1) is 4.90 Å². The fourth-order valence-electron chi connectivity index (χ4n) is 3.05. The normalized spacial score (nSPS) is 9.97. The highest BCUT2D eigenvalue weighted by atomic mass is 32.2. The highest BCUT2D eigenvalue weighted by Gasteiger charge is 2.17. The second kappa shape index (κ2) is 16.7. The molecule has 7 heteroatoms. The van der Waals surface area contributed by atoms with Crippen molar-refractivity contribution >= 4 is 32.4 Å². The Morgan fingerprint density at radius 2 is 1.29 bits per heavy atom. The first-order valence-corrected chi connectivity index (χ1v) is 13.6. The molecule has 0 aliphatic carbocycles. The van der Waals surface area contributed by atoms with Crippen molar-refractivity contribution in [2.24, 2.45) is 0 Å². The number of rotatable bonds is 6. The Balaban J connectivity index is 0.000000801. The van der Waals surface area contributed by atoms with Gasteiger partial charge in [-0.25, -0.2) is 13.1 Å². The summed E-state index contributed by atoms with van der Waals surface area (Å²) in [5.41, 5.74) is 3.69. The number of hydrogen-bond acceptors (Lipinski definition) is 4. The number of amides is 1. The van der Waals surface area contributed by atoms with E-state index in [-0.39, 0.29) is 23.9 Å². The maximum absolute atomic E-state index is 12.5. The van der Waals surface area contributed by atoms with Crippen LogP contribution in [0.1, 0.15) is 45.7 Å². The fraction of sp³-hybridized carbons (Fsp3) is 0.393. The van der Waals surface area contributed by atoms with Crippen LogP contribution >= 0.6 is 0 Å². The van der Waals surface area contributed by atoms with E-state index < -0.39 is 10.0 Å². The van der Waals surface area contributed by atoms with Crippen molar-refractivity contribution in [3.8, 4) is 0 Å². The zero-order valence-electron chi connectivity index (χ0n) is 22.8. The second-order valence-electron chi connectivity index (χ2n) is 7.49. The molecule has 0 spiro atoms. The first kappa shape index (κ1) is 32.1. The smallest absolute Gasteiger partial charge is 0.241 e. The molecule has 6 nitrogen and oxygen atoms in total. The van der Waals surface area contributed by atoms with Gasteiger partial charge in [0.15, 0.2) is 0 Å². The highest BCUT2D eigenvalue weighted by Crippen LogP contribution is 2.29. The first-order valence-electron chi connectivity index (χ1n) is 12.1. The maximum atomic E-state index is 12.5. The van der Waals surface area contributed by atoms with Crippen molar-refractivity contribution in [3.63, 3.8) is 0 Å². The lowest BCUT2D eigenvalue weighted by Crippen LogP contribution is -2.33. The van der Waals surface area contributed by atoms with Gasteiger partial charge in [0.2, 0.25) is 15.9 Å². The summed E-state index contributed by atoms with van der Waals surface area (Å²) in [5.74, 6) is -0.190. The molecule has 3 aromatic carbocycles. The number of aryl methyl sites for hydroxylation is 2. The molecule has 0 radical (unpaired) electrons. The van der Waals surface area contributed by atoms with Gasteiger partial charge in [0, 0.05) is 50.6 Å². The second-order valence-corrected chi connectivity index (χ2v) is 9.22. The minimum absolute atomic E-state index is 0.145. The maximum Gasteiger partial charge on any atom is 0.241 e. The van der Waals surface area contributed by atoms with Gasteiger partial charge >= 0.3 is 0 Å². The van der Waals surface area contributed by atoms with Crippen LogP contribution in [-0.4, -0.2) is 41.5 Å². The number of fused-ring (bicyclic) bond motifs is 1. The van der Waals surface area contributed by atoms with Crippen molar-refractivity contribution in [2.45, 2.75) is 53.4 Å². The SMILES string of the molecule is CC.CC.CC(=O)NCCNS(=O)(=O)c1cccc2c(N(C)C)cccc12.Cc1ccccc1C. The number of nitrogens with zero attached hydrogens (tertiary/aromatic N) is 1. The van der Waals surface area contributed by atoms with Crippen molar-refractivity contribution in [1.82, 2.24) is 10.0 Å². The summed E-state index contributed by atoms with van der Waals surface area (Å²) in [7, 11) is 0.189. The summed E-state index contributed by atoms with van der Waals surface area (Å²) < 4.78 is 27.6. The number of sulfonamides is 1. The summed E-state index contributed by atoms with van der Waals surface area (Å²) in [5, 5.41) is 4.11. The van der Waals surface area contributed by atoms with Crippen LogP contribution in [0, 0.1) is 13.8 Å². The molecular weight excluding hydrogens is 458 g/mol. The van der Waals surface area contributed by atoms with Crippen molar-refractivity contribution < 1.29 is 13.2 Å². The van der Waals surface area contributed by atoms with Crippen molar-refractivity contribution in [2.75, 3.05) is 32.1 Å². The third-order valence-corrected chi connectivity index (χ3v) is 6.37. The zero-order chi connectivity index (χ0) is 27.0. The minimum atomic E-state index is -3.65. The average Bonchev–Trinajstić information content (AvgIpc) is 2.85. The average molecular weight is 502 g/mol. The van der Waals surface area contributed by atoms with Crippen molar-refractivity contribution in [1.29, 1.82) is 0 Å². The lowest BCUT2D eigenvalue weighted by molar-refractivity contribution is -0.118. The van der Waals surface area contributed by atoms with E-state index in [2.05, 4.69) is 48.2 Å². The van der Waals surface area contributed by atoms with E-state index >= 15 is 0 Å². The van der Waals surface area contributed by atoms with Crippen LogP contribution in [0.5, 0.6) is 0 Å². The van der Waals surface area contributed by atoms with Gasteiger partial charge in [0.25, 0.3) is 0 Å². The molecule has 35 heavy (non-hydrogen) atoms. The Kier molecular flexibility index (Phi) is 15.3. The van der Waals surface area contributed by atoms with Gasteiger partial charge < -0.3 is 10.2 Å². The number of hydrogen-bond donors (Lipinski definition) is 2. The molecule has 0 unspecified atom stereocenters. The predicted molar refractivity (Wildman–Crippen MR) is 151 cm³/mol. The Labute approximate surface area is 212 Å². The Morgan fingerprint density at radius 1 is 0.771 bits per heavy atom. The van der Waals surface area contributed by atoms with Crippen LogP contribution in [0.3, 0.4) is 0 Å². The van der Waals surface area contributed by atoms with E-state index in [1.54, 1.807) is 18.2 Å². The molecule has 194 valence electrons. The highest BCUT2D eigenvalue weighted by molar-refractivity contribution is 7.89. The molecule has 0 aliphatic heterocycles. The predicted octanol–water partition coefficient (Wildman–Crippen LogP) is 5.68. The Bertz CT molecular complexity index is 1120. The molecule has 0 bridgehead atoms. The Morgan fingerprint density at radius 3 is 1.77 bits per heavy atom. The minimum Gasteiger partial charge on any atom is -0.377 e. The molecule has 1 amide bonds. The molecular formula is C28H43N3O3S. The number of anilines is 1. The lowest BCUT2D eigenvalue weighted by Gasteiger charge is -2.17. The molecule has 0 fully saturated rings. The molecule has 0 aliphatic rings. The van der Waals surface area contributed by atoms with Crippen LogP contribution in [0.4, 0.5) is 5.69 Å². The zero-order valence-corrected chi connectivity index (χ0v) is 23.6. The lowest BCUT2D eigenvalue weighted by atomic mass is 10.1. The third-order valence-electron chi connectivity index (χ3n) is 4.85. The number of benzene rings is 3. The summed E-state index contributed by atoms with van der Waals surface area (Å²) >= 11 is 0. The van der Waals surface area contributed by atoms with Gasteiger partial charge in [-0.1, -0.05) is 76.2 Å². The van der Waals surface area contributed by atoms with E-state index in [1.165, 1.54) is 18.1 Å². The number of carbonyl (C=O) groups excluding carboxylic acids is 1. The van der Waals surface area contributed by atoms with Crippen LogP contribution < -0.4 is 14.9 Å². The quantitative estimate of drug-likeness (QED) is 0.426. The van der Waals surface area contributed by atoms with E-state index in [1.807, 2.05) is 64.9 Å². The van der Waals surface area contributed by atoms with E-state index in [4.69, 9.17) is 0 Å². The fourth-order valence-corrected chi connectivity index (χ4v) is 4.30. The third kappa shape index (κ3) is 10.5. The molecule has 0 saturated carbocycles. The molecule has 0 heterocycles. The van der Waals surface area contributed by atoms with Gasteiger partial charge in [-0.05, 0) is 37.1 Å². The summed E-state index contributed by atoms with van der Waals surface area (Å²) in [4.78, 5) is 13.0. The standard InChI is InChI=1S/C16H21N3O3S.C8H10.2C2H6/c1-12(20)17-10-11-18-23(21,22)16-9-5-6-13-14(16)7-4-8-15(13)19(2)3;1-7-5-3-4-6-8(7)2;2*1-2/h4-9,18H,10-11H2,1-3H3,(H,17,20);3-6H,1-2H3;2*1-2H3. The first-order chi connectivity index (χ1) is 16.6. The molecule has 0 saturated heterocycles. The summed E-state index contributed by atoms with van der Waals surface area (Å²) in [6.45, 7) is 14.0. The van der Waals surface area contributed by atoms with Gasteiger partial charge in [-0.3, -0.25) is 4.79 Å². The van der Waals surface area contributed by atoms with Crippen LogP contribution in [0.15, 0.2) is 65.6 Å². The summed E-state index contributed by atoms with van der Waals surface area (Å²) in [6.07, 6.45) is 0. The van der Waals surface area contributed by atoms with Crippen LogP contribution in [-0.2, 0) is 14.8 Å². The molecule has 0 aromatic heterocycles. The van der Waals surface area contributed by atoms with Gasteiger partial charge in [-0.15, -0.1) is 0 Å². The van der Waals surface area contributed by atoms with E-state index in [0.717, 1.165) is 11.1 Å². The van der Waals surface area contributed by atoms with Crippen LogP contribution in [0.2, 0.25) is 0 Å². The van der Waals surface area contributed by atoms with Crippen LogP contribution in [0.25, 0.3) is 10.8 Å². The van der Waals surface area contributed by atoms with E-state index in [0.29, 0.717) is 5.39 Å². The van der Waals surface area contributed by atoms with E-state index in [9.17, 15) is 13.2 Å². The molecule has 0 atom stereocenters. The monoisotopic (exact) mass is 501 g/mol. The number of carbonyl (C=O) groups is 1. The van der Waals surface area contributed by atoms with Gasteiger partial charge in [0.1, 0.15) is 0 Å².